The lowest BCUT2D eigenvalue weighted by molar-refractivity contribution is 0.171. The quantitative estimate of drug-likeness (QED) is 0.814. The Morgan fingerprint density at radius 2 is 1.89 bits per heavy atom. The molecule has 0 fully saturated rings. The lowest BCUT2D eigenvalue weighted by Gasteiger charge is -2.22. The Balaban J connectivity index is 2.08. The number of hydrogen-bond donors (Lipinski definition) is 1. The molecule has 1 heterocycles. The van der Waals surface area contributed by atoms with Crippen LogP contribution in [0.25, 0.3) is 0 Å². The van der Waals surface area contributed by atoms with E-state index >= 15 is 0 Å². The van der Waals surface area contributed by atoms with Gasteiger partial charge in [-0.05, 0) is 31.6 Å². The SMILES string of the molecule is CCCCN(C)Cc1cc2c(cc1N)OCCO2. The normalized spacial score (nSPS) is 13.9. The second-order valence-corrected chi connectivity index (χ2v) is 4.79. The summed E-state index contributed by atoms with van der Waals surface area (Å²) in [6.07, 6.45) is 2.42. The van der Waals surface area contributed by atoms with Crippen LogP contribution < -0.4 is 15.2 Å². The largest absolute Gasteiger partial charge is 0.486 e. The van der Waals surface area contributed by atoms with Crippen LogP contribution in [0.4, 0.5) is 5.69 Å². The molecule has 1 aromatic rings. The number of unbranched alkanes of at least 4 members (excludes halogenated alkanes) is 1. The van der Waals surface area contributed by atoms with Gasteiger partial charge in [0.15, 0.2) is 11.5 Å². The van der Waals surface area contributed by atoms with Crippen molar-refractivity contribution >= 4 is 5.69 Å². The summed E-state index contributed by atoms with van der Waals surface area (Å²) in [4.78, 5) is 2.28. The van der Waals surface area contributed by atoms with Crippen molar-refractivity contribution < 1.29 is 9.47 Å². The summed E-state index contributed by atoms with van der Waals surface area (Å²) < 4.78 is 11.1. The maximum atomic E-state index is 6.06. The van der Waals surface area contributed by atoms with Crippen LogP contribution in [-0.2, 0) is 6.54 Å². The van der Waals surface area contributed by atoms with E-state index in [9.17, 15) is 0 Å². The van der Waals surface area contributed by atoms with Crippen molar-refractivity contribution in [3.8, 4) is 11.5 Å². The zero-order valence-corrected chi connectivity index (χ0v) is 11.2. The average molecular weight is 250 g/mol. The van der Waals surface area contributed by atoms with Crippen molar-refractivity contribution in [2.75, 3.05) is 32.5 Å². The molecule has 0 spiro atoms. The third kappa shape index (κ3) is 3.07. The van der Waals surface area contributed by atoms with Crippen LogP contribution in [0.15, 0.2) is 12.1 Å². The van der Waals surface area contributed by atoms with Crippen LogP contribution in [0.2, 0.25) is 0 Å². The molecule has 100 valence electrons. The number of ether oxygens (including phenoxy) is 2. The van der Waals surface area contributed by atoms with Crippen LogP contribution in [0.1, 0.15) is 25.3 Å². The van der Waals surface area contributed by atoms with Crippen LogP contribution in [0.3, 0.4) is 0 Å². The molecule has 4 nitrogen and oxygen atoms in total. The lowest BCUT2D eigenvalue weighted by atomic mass is 10.1. The molecule has 0 aliphatic carbocycles. The molecule has 2 N–H and O–H groups in total. The summed E-state index contributed by atoms with van der Waals surface area (Å²) in [5, 5.41) is 0. The van der Waals surface area contributed by atoms with Gasteiger partial charge in [0, 0.05) is 18.3 Å². The van der Waals surface area contributed by atoms with Crippen LogP contribution in [0.5, 0.6) is 11.5 Å². The van der Waals surface area contributed by atoms with E-state index in [1.807, 2.05) is 12.1 Å². The van der Waals surface area contributed by atoms with Crippen molar-refractivity contribution in [2.45, 2.75) is 26.3 Å². The maximum Gasteiger partial charge on any atom is 0.163 e. The van der Waals surface area contributed by atoms with Gasteiger partial charge in [-0.3, -0.25) is 0 Å². The molecule has 0 radical (unpaired) electrons. The third-order valence-electron chi connectivity index (χ3n) is 3.14. The van der Waals surface area contributed by atoms with Gasteiger partial charge in [-0.15, -0.1) is 0 Å². The van der Waals surface area contributed by atoms with Gasteiger partial charge < -0.3 is 20.1 Å². The summed E-state index contributed by atoms with van der Waals surface area (Å²) in [5.74, 6) is 1.58. The first kappa shape index (κ1) is 13.0. The van der Waals surface area contributed by atoms with Gasteiger partial charge in [0.1, 0.15) is 13.2 Å². The summed E-state index contributed by atoms with van der Waals surface area (Å²) in [6.45, 7) is 5.35. The molecule has 0 bridgehead atoms. The fraction of sp³-hybridized carbons (Fsp3) is 0.571. The molecule has 2 rings (SSSR count). The Hall–Kier alpha value is -1.42. The summed E-state index contributed by atoms with van der Waals surface area (Å²) in [7, 11) is 2.12. The second kappa shape index (κ2) is 5.96. The van der Waals surface area contributed by atoms with Crippen LogP contribution in [-0.4, -0.2) is 31.7 Å². The zero-order chi connectivity index (χ0) is 13.0. The van der Waals surface area contributed by atoms with E-state index in [1.165, 1.54) is 12.8 Å². The monoisotopic (exact) mass is 250 g/mol. The topological polar surface area (TPSA) is 47.7 Å². The maximum absolute atomic E-state index is 6.06. The van der Waals surface area contributed by atoms with E-state index in [2.05, 4.69) is 18.9 Å². The first-order valence-electron chi connectivity index (χ1n) is 6.57. The van der Waals surface area contributed by atoms with Crippen molar-refractivity contribution in [2.24, 2.45) is 0 Å². The fourth-order valence-electron chi connectivity index (χ4n) is 2.08. The Morgan fingerprint density at radius 3 is 2.56 bits per heavy atom. The van der Waals surface area contributed by atoms with Crippen LogP contribution in [0, 0.1) is 0 Å². The minimum Gasteiger partial charge on any atom is -0.486 e. The number of anilines is 1. The van der Waals surface area contributed by atoms with E-state index in [0.717, 1.165) is 35.8 Å². The van der Waals surface area contributed by atoms with Gasteiger partial charge in [-0.2, -0.15) is 0 Å². The standard InChI is InChI=1S/C14H22N2O2/c1-3-4-5-16(2)10-11-8-13-14(9-12(11)15)18-7-6-17-13/h8-9H,3-7,10,15H2,1-2H3. The highest BCUT2D eigenvalue weighted by Crippen LogP contribution is 2.34. The molecule has 0 unspecified atom stereocenters. The average Bonchev–Trinajstić information content (AvgIpc) is 2.37. The highest BCUT2D eigenvalue weighted by atomic mass is 16.6. The van der Waals surface area contributed by atoms with Gasteiger partial charge in [0.05, 0.1) is 0 Å². The van der Waals surface area contributed by atoms with Gasteiger partial charge in [-0.1, -0.05) is 13.3 Å². The predicted octanol–water partition coefficient (Wildman–Crippen LogP) is 2.27. The first-order chi connectivity index (χ1) is 8.70. The molecule has 0 aromatic heterocycles. The molecule has 0 saturated heterocycles. The molecule has 1 aromatic carbocycles. The third-order valence-corrected chi connectivity index (χ3v) is 3.14. The van der Waals surface area contributed by atoms with Crippen molar-refractivity contribution in [1.29, 1.82) is 0 Å². The smallest absolute Gasteiger partial charge is 0.163 e. The molecule has 4 heteroatoms. The Bertz CT molecular complexity index is 407. The molecule has 0 amide bonds. The van der Waals surface area contributed by atoms with Gasteiger partial charge in [0.25, 0.3) is 0 Å². The van der Waals surface area contributed by atoms with Crippen LogP contribution >= 0.6 is 0 Å². The highest BCUT2D eigenvalue weighted by Gasteiger charge is 2.15. The number of rotatable bonds is 5. The summed E-state index contributed by atoms with van der Waals surface area (Å²) in [5.41, 5.74) is 7.95. The summed E-state index contributed by atoms with van der Waals surface area (Å²) in [6, 6.07) is 3.88. The molecule has 0 atom stereocenters. The molecule has 1 aliphatic rings. The Morgan fingerprint density at radius 1 is 1.22 bits per heavy atom. The van der Waals surface area contributed by atoms with Gasteiger partial charge in [0.2, 0.25) is 0 Å². The minimum atomic E-state index is 0.599. The van der Waals surface area contributed by atoms with Gasteiger partial charge >= 0.3 is 0 Å². The van der Waals surface area contributed by atoms with Crippen molar-refractivity contribution in [3.63, 3.8) is 0 Å². The highest BCUT2D eigenvalue weighted by molar-refractivity contribution is 5.58. The number of nitrogens with zero attached hydrogens (tertiary/aromatic N) is 1. The second-order valence-electron chi connectivity index (χ2n) is 4.79. The van der Waals surface area contributed by atoms with E-state index in [0.29, 0.717) is 13.2 Å². The molecule has 0 saturated carbocycles. The first-order valence-corrected chi connectivity index (χ1v) is 6.57. The fourth-order valence-corrected chi connectivity index (χ4v) is 2.08. The lowest BCUT2D eigenvalue weighted by Crippen LogP contribution is -2.21. The number of benzene rings is 1. The van der Waals surface area contributed by atoms with E-state index in [-0.39, 0.29) is 0 Å². The number of hydrogen-bond acceptors (Lipinski definition) is 4. The van der Waals surface area contributed by atoms with E-state index in [4.69, 9.17) is 15.2 Å². The predicted molar refractivity (Wildman–Crippen MR) is 73.1 cm³/mol. The molecular weight excluding hydrogens is 228 g/mol. The number of fused-ring (bicyclic) bond motifs is 1. The van der Waals surface area contributed by atoms with Crippen molar-refractivity contribution in [3.05, 3.63) is 17.7 Å². The van der Waals surface area contributed by atoms with Crippen molar-refractivity contribution in [1.82, 2.24) is 4.90 Å². The van der Waals surface area contributed by atoms with Gasteiger partial charge in [-0.25, -0.2) is 0 Å². The van der Waals surface area contributed by atoms with E-state index in [1.54, 1.807) is 0 Å². The molecule has 1 aliphatic heterocycles. The Labute approximate surface area is 109 Å². The zero-order valence-electron chi connectivity index (χ0n) is 11.2. The number of nitrogens with two attached hydrogens (primary N) is 1. The Kier molecular flexibility index (Phi) is 4.31. The number of nitrogen functional groups attached to an aromatic ring is 1. The minimum absolute atomic E-state index is 0.599. The van der Waals surface area contributed by atoms with E-state index < -0.39 is 0 Å². The molecular formula is C14H22N2O2. The summed E-state index contributed by atoms with van der Waals surface area (Å²) >= 11 is 0. The molecule has 18 heavy (non-hydrogen) atoms.